The minimum absolute atomic E-state index is 0.122. The number of rotatable bonds is 3. The molecule has 108 valence electrons. The highest BCUT2D eigenvalue weighted by molar-refractivity contribution is 7.18. The van der Waals surface area contributed by atoms with E-state index in [4.69, 9.17) is 10.6 Å². The molecule has 3 N–H and O–H groups in total. The van der Waals surface area contributed by atoms with Crippen molar-refractivity contribution >= 4 is 27.5 Å². The molecule has 0 saturated heterocycles. The van der Waals surface area contributed by atoms with Gasteiger partial charge in [0.1, 0.15) is 10.6 Å². The van der Waals surface area contributed by atoms with Gasteiger partial charge in [-0.3, -0.25) is 5.43 Å². The zero-order valence-electron chi connectivity index (χ0n) is 10.9. The molecule has 0 amide bonds. The number of fused-ring (bicyclic) bond motifs is 1. The third-order valence-electron chi connectivity index (χ3n) is 2.71. The van der Waals surface area contributed by atoms with Gasteiger partial charge in [0.05, 0.1) is 5.39 Å². The second kappa shape index (κ2) is 5.23. The van der Waals surface area contributed by atoms with Crippen LogP contribution in [0.4, 0.5) is 14.7 Å². The second-order valence-corrected chi connectivity index (χ2v) is 5.48. The SMILES string of the molecule is Cc1cc2c(Oc3ccc(F)cc3F)nc(NN)nc2s1. The summed E-state index contributed by atoms with van der Waals surface area (Å²) in [5.41, 5.74) is 2.33. The van der Waals surface area contributed by atoms with Crippen LogP contribution in [0.1, 0.15) is 4.88 Å². The first-order valence-corrected chi connectivity index (χ1v) is 6.76. The Kier molecular flexibility index (Phi) is 3.40. The van der Waals surface area contributed by atoms with Crippen LogP contribution in [0.3, 0.4) is 0 Å². The van der Waals surface area contributed by atoms with Crippen molar-refractivity contribution in [3.63, 3.8) is 0 Å². The van der Waals surface area contributed by atoms with Crippen molar-refractivity contribution in [2.45, 2.75) is 6.92 Å². The van der Waals surface area contributed by atoms with Crippen molar-refractivity contribution in [2.75, 3.05) is 5.43 Å². The van der Waals surface area contributed by atoms with Gasteiger partial charge in [-0.05, 0) is 25.1 Å². The smallest absolute Gasteiger partial charge is 0.241 e. The summed E-state index contributed by atoms with van der Waals surface area (Å²) >= 11 is 1.43. The van der Waals surface area contributed by atoms with Gasteiger partial charge in [-0.2, -0.15) is 4.98 Å². The van der Waals surface area contributed by atoms with E-state index in [1.165, 1.54) is 17.4 Å². The highest BCUT2D eigenvalue weighted by Crippen LogP contribution is 2.34. The number of benzene rings is 1. The number of nitrogens with two attached hydrogens (primary N) is 1. The van der Waals surface area contributed by atoms with Crippen LogP contribution in [0.5, 0.6) is 11.6 Å². The van der Waals surface area contributed by atoms with Gasteiger partial charge < -0.3 is 4.74 Å². The fourth-order valence-corrected chi connectivity index (χ4v) is 2.69. The van der Waals surface area contributed by atoms with Crippen LogP contribution >= 0.6 is 11.3 Å². The number of nitrogen functional groups attached to an aromatic ring is 1. The summed E-state index contributed by atoms with van der Waals surface area (Å²) in [6.07, 6.45) is 0. The average molecular weight is 308 g/mol. The number of aryl methyl sites for hydroxylation is 1. The molecule has 0 unspecified atom stereocenters. The number of aromatic nitrogens is 2. The Morgan fingerprint density at radius 2 is 2.05 bits per heavy atom. The molecule has 0 saturated carbocycles. The van der Waals surface area contributed by atoms with Crippen LogP contribution < -0.4 is 16.0 Å². The molecule has 3 aromatic rings. The van der Waals surface area contributed by atoms with Gasteiger partial charge in [0.2, 0.25) is 11.8 Å². The Labute approximate surface area is 122 Å². The Bertz CT molecular complexity index is 821. The average Bonchev–Trinajstić information content (AvgIpc) is 2.82. The molecule has 0 atom stereocenters. The van der Waals surface area contributed by atoms with E-state index in [-0.39, 0.29) is 17.6 Å². The minimum Gasteiger partial charge on any atom is -0.435 e. The molecule has 0 fully saturated rings. The maximum absolute atomic E-state index is 13.7. The van der Waals surface area contributed by atoms with Crippen LogP contribution in [-0.4, -0.2) is 9.97 Å². The zero-order valence-corrected chi connectivity index (χ0v) is 11.7. The normalized spacial score (nSPS) is 10.9. The van der Waals surface area contributed by atoms with Crippen molar-refractivity contribution in [3.8, 4) is 11.6 Å². The third kappa shape index (κ3) is 2.63. The predicted octanol–water partition coefficient (Wildman–Crippen LogP) is 3.36. The number of hydrazine groups is 1. The van der Waals surface area contributed by atoms with Gasteiger partial charge in [0.25, 0.3) is 0 Å². The lowest BCUT2D eigenvalue weighted by Crippen LogP contribution is -2.10. The van der Waals surface area contributed by atoms with Crippen molar-refractivity contribution in [1.29, 1.82) is 0 Å². The number of anilines is 1. The molecule has 8 heteroatoms. The lowest BCUT2D eigenvalue weighted by atomic mass is 10.3. The molecule has 0 aliphatic heterocycles. The van der Waals surface area contributed by atoms with Crippen LogP contribution in [0.15, 0.2) is 24.3 Å². The van der Waals surface area contributed by atoms with Crippen LogP contribution in [0.2, 0.25) is 0 Å². The largest absolute Gasteiger partial charge is 0.435 e. The number of nitrogens with one attached hydrogen (secondary N) is 1. The lowest BCUT2D eigenvalue weighted by molar-refractivity contribution is 0.428. The number of hydrogen-bond donors (Lipinski definition) is 2. The summed E-state index contributed by atoms with van der Waals surface area (Å²) in [5.74, 6) is 4.01. The number of ether oxygens (including phenoxy) is 1. The molecule has 1 aromatic carbocycles. The van der Waals surface area contributed by atoms with E-state index in [0.29, 0.717) is 10.2 Å². The Hall–Kier alpha value is -2.32. The molecule has 0 aliphatic rings. The fourth-order valence-electron chi connectivity index (χ4n) is 1.82. The van der Waals surface area contributed by atoms with E-state index in [2.05, 4.69) is 15.4 Å². The molecule has 2 aromatic heterocycles. The predicted molar refractivity (Wildman–Crippen MR) is 76.4 cm³/mol. The summed E-state index contributed by atoms with van der Waals surface area (Å²) < 4.78 is 32.0. The molecule has 2 heterocycles. The summed E-state index contributed by atoms with van der Waals surface area (Å²) in [6.45, 7) is 1.91. The number of nitrogens with zero attached hydrogens (tertiary/aromatic N) is 2. The Balaban J connectivity index is 2.10. The highest BCUT2D eigenvalue weighted by Gasteiger charge is 2.14. The van der Waals surface area contributed by atoms with Crippen molar-refractivity contribution in [1.82, 2.24) is 9.97 Å². The van der Waals surface area contributed by atoms with Crippen LogP contribution in [0, 0.1) is 18.6 Å². The van der Waals surface area contributed by atoms with Crippen LogP contribution in [0.25, 0.3) is 10.2 Å². The van der Waals surface area contributed by atoms with Gasteiger partial charge in [-0.1, -0.05) is 0 Å². The molecule has 21 heavy (non-hydrogen) atoms. The van der Waals surface area contributed by atoms with E-state index in [0.717, 1.165) is 17.0 Å². The molecule has 0 spiro atoms. The van der Waals surface area contributed by atoms with Gasteiger partial charge in [-0.15, -0.1) is 11.3 Å². The Morgan fingerprint density at radius 1 is 1.24 bits per heavy atom. The van der Waals surface area contributed by atoms with E-state index in [1.54, 1.807) is 0 Å². The van der Waals surface area contributed by atoms with Gasteiger partial charge >= 0.3 is 0 Å². The molecule has 0 aliphatic carbocycles. The van der Waals surface area contributed by atoms with E-state index in [9.17, 15) is 8.78 Å². The lowest BCUT2D eigenvalue weighted by Gasteiger charge is -2.08. The van der Waals surface area contributed by atoms with Crippen molar-refractivity contribution < 1.29 is 13.5 Å². The summed E-state index contributed by atoms with van der Waals surface area (Å²) in [6, 6.07) is 4.89. The molecular weight excluding hydrogens is 298 g/mol. The fraction of sp³-hybridized carbons (Fsp3) is 0.0769. The maximum atomic E-state index is 13.7. The Morgan fingerprint density at radius 3 is 2.76 bits per heavy atom. The molecular formula is C13H10F2N4OS. The zero-order chi connectivity index (χ0) is 15.0. The molecule has 5 nitrogen and oxygen atoms in total. The van der Waals surface area contributed by atoms with E-state index >= 15 is 0 Å². The first-order chi connectivity index (χ1) is 10.1. The van der Waals surface area contributed by atoms with Gasteiger partial charge in [0.15, 0.2) is 11.6 Å². The summed E-state index contributed by atoms with van der Waals surface area (Å²) in [7, 11) is 0. The topological polar surface area (TPSA) is 73.1 Å². The highest BCUT2D eigenvalue weighted by atomic mass is 32.1. The van der Waals surface area contributed by atoms with Crippen LogP contribution in [-0.2, 0) is 0 Å². The van der Waals surface area contributed by atoms with Gasteiger partial charge in [0, 0.05) is 10.9 Å². The first kappa shape index (κ1) is 13.7. The quantitative estimate of drug-likeness (QED) is 0.573. The number of hydrogen-bond acceptors (Lipinski definition) is 6. The van der Waals surface area contributed by atoms with E-state index < -0.39 is 11.6 Å². The minimum atomic E-state index is -0.809. The number of halogens is 2. The number of thiophene rings is 1. The standard InChI is InChI=1S/C13H10F2N4OS/c1-6-4-8-11(17-13(19-16)18-12(8)21-6)20-10-3-2-7(14)5-9(10)15/h2-5H,16H2,1H3,(H,17,18,19). The second-order valence-electron chi connectivity index (χ2n) is 4.25. The van der Waals surface area contributed by atoms with E-state index in [1.807, 2.05) is 13.0 Å². The summed E-state index contributed by atoms with van der Waals surface area (Å²) in [4.78, 5) is 9.92. The first-order valence-electron chi connectivity index (χ1n) is 5.94. The van der Waals surface area contributed by atoms with Crippen molar-refractivity contribution in [2.24, 2.45) is 5.84 Å². The summed E-state index contributed by atoms with van der Waals surface area (Å²) in [5, 5.41) is 0.639. The molecule has 0 radical (unpaired) electrons. The molecule has 3 rings (SSSR count). The van der Waals surface area contributed by atoms with Gasteiger partial charge in [-0.25, -0.2) is 19.6 Å². The third-order valence-corrected chi connectivity index (χ3v) is 3.66. The van der Waals surface area contributed by atoms with Crippen molar-refractivity contribution in [3.05, 3.63) is 40.8 Å². The monoisotopic (exact) mass is 308 g/mol. The molecule has 0 bridgehead atoms. The maximum Gasteiger partial charge on any atom is 0.241 e.